The van der Waals surface area contributed by atoms with Crippen molar-refractivity contribution in [2.45, 2.75) is 39.5 Å². The highest BCUT2D eigenvalue weighted by molar-refractivity contribution is 5.37. The Hall–Kier alpha value is -0.820. The number of nitrogens with two attached hydrogens (primary N) is 1. The third-order valence-corrected chi connectivity index (χ3v) is 3.71. The van der Waals surface area contributed by atoms with Crippen LogP contribution >= 0.6 is 0 Å². The fourth-order valence-electron chi connectivity index (χ4n) is 2.71. The third-order valence-electron chi connectivity index (χ3n) is 3.71. The van der Waals surface area contributed by atoms with Gasteiger partial charge in [-0.2, -0.15) is 0 Å². The van der Waals surface area contributed by atoms with Gasteiger partial charge in [0.15, 0.2) is 0 Å². The van der Waals surface area contributed by atoms with Crippen molar-refractivity contribution in [2.24, 2.45) is 11.1 Å². The average Bonchev–Trinajstić information content (AvgIpc) is 2.55. The van der Waals surface area contributed by atoms with Gasteiger partial charge in [0.1, 0.15) is 0 Å². The summed E-state index contributed by atoms with van der Waals surface area (Å²) in [6, 6.07) is 0. The highest BCUT2D eigenvalue weighted by Crippen LogP contribution is 2.48. The molecule has 0 radical (unpaired) electrons. The Morgan fingerprint density at radius 2 is 2.27 bits per heavy atom. The van der Waals surface area contributed by atoms with E-state index in [0.29, 0.717) is 5.41 Å². The highest BCUT2D eigenvalue weighted by atomic mass is 14.6. The van der Waals surface area contributed by atoms with E-state index in [1.54, 1.807) is 0 Å². The van der Waals surface area contributed by atoms with Gasteiger partial charge in [-0.3, -0.25) is 0 Å². The van der Waals surface area contributed by atoms with Crippen molar-refractivity contribution in [3.05, 3.63) is 36.0 Å². The van der Waals surface area contributed by atoms with Crippen LogP contribution in [0.15, 0.2) is 36.0 Å². The largest absolute Gasteiger partial charge is 0.330 e. The molecular weight excluding hydrogens is 182 g/mol. The standard InChI is InChI=1S/C14H23N/c1-4-6-7-13-12(3)8-9-14(13,5-2)10-11-15/h4,6-7H,1,5,8-11,15H2,2-3H3/b7-6-. The van der Waals surface area contributed by atoms with E-state index >= 15 is 0 Å². The predicted molar refractivity (Wildman–Crippen MR) is 67.7 cm³/mol. The number of hydrogen-bond donors (Lipinski definition) is 1. The summed E-state index contributed by atoms with van der Waals surface area (Å²) in [5, 5.41) is 0. The molecule has 1 aliphatic rings. The van der Waals surface area contributed by atoms with E-state index in [-0.39, 0.29) is 0 Å². The molecule has 84 valence electrons. The van der Waals surface area contributed by atoms with Crippen molar-refractivity contribution in [1.29, 1.82) is 0 Å². The molecule has 2 N–H and O–H groups in total. The second-order valence-corrected chi connectivity index (χ2v) is 4.46. The molecule has 1 atom stereocenters. The summed E-state index contributed by atoms with van der Waals surface area (Å²) in [6.07, 6.45) is 10.9. The lowest BCUT2D eigenvalue weighted by Crippen LogP contribution is -2.22. The molecule has 0 fully saturated rings. The summed E-state index contributed by atoms with van der Waals surface area (Å²) in [5.41, 5.74) is 9.12. The summed E-state index contributed by atoms with van der Waals surface area (Å²) in [4.78, 5) is 0. The van der Waals surface area contributed by atoms with Gasteiger partial charge in [0, 0.05) is 0 Å². The molecule has 0 aromatic carbocycles. The summed E-state index contributed by atoms with van der Waals surface area (Å²) < 4.78 is 0. The lowest BCUT2D eigenvalue weighted by atomic mass is 9.75. The van der Waals surface area contributed by atoms with Gasteiger partial charge in [-0.05, 0) is 50.1 Å². The Morgan fingerprint density at radius 3 is 2.80 bits per heavy atom. The minimum Gasteiger partial charge on any atom is -0.330 e. The van der Waals surface area contributed by atoms with Crippen LogP contribution in [-0.2, 0) is 0 Å². The molecule has 1 aliphatic carbocycles. The summed E-state index contributed by atoms with van der Waals surface area (Å²) in [5.74, 6) is 0. The summed E-state index contributed by atoms with van der Waals surface area (Å²) in [7, 11) is 0. The molecule has 0 aliphatic heterocycles. The molecule has 0 heterocycles. The van der Waals surface area contributed by atoms with E-state index in [0.717, 1.165) is 13.0 Å². The molecule has 1 heteroatoms. The second kappa shape index (κ2) is 5.32. The van der Waals surface area contributed by atoms with Gasteiger partial charge in [-0.15, -0.1) is 0 Å². The number of allylic oxidation sites excluding steroid dienone is 5. The van der Waals surface area contributed by atoms with Crippen LogP contribution in [0.1, 0.15) is 39.5 Å². The first kappa shape index (κ1) is 12.3. The van der Waals surface area contributed by atoms with Crippen molar-refractivity contribution in [3.63, 3.8) is 0 Å². The zero-order valence-electron chi connectivity index (χ0n) is 10.1. The molecular formula is C14H23N. The van der Waals surface area contributed by atoms with Gasteiger partial charge in [-0.25, -0.2) is 0 Å². The van der Waals surface area contributed by atoms with E-state index in [1.165, 1.54) is 30.4 Å². The molecule has 0 saturated carbocycles. The van der Waals surface area contributed by atoms with Gasteiger partial charge in [0.05, 0.1) is 0 Å². The van der Waals surface area contributed by atoms with E-state index in [4.69, 9.17) is 5.73 Å². The van der Waals surface area contributed by atoms with Crippen LogP contribution < -0.4 is 5.73 Å². The van der Waals surface area contributed by atoms with Crippen LogP contribution in [0.25, 0.3) is 0 Å². The van der Waals surface area contributed by atoms with Crippen LogP contribution in [0.2, 0.25) is 0 Å². The fraction of sp³-hybridized carbons (Fsp3) is 0.571. The first-order chi connectivity index (χ1) is 7.20. The molecule has 1 nitrogen and oxygen atoms in total. The van der Waals surface area contributed by atoms with Crippen molar-refractivity contribution < 1.29 is 0 Å². The summed E-state index contributed by atoms with van der Waals surface area (Å²) in [6.45, 7) is 9.04. The third kappa shape index (κ3) is 2.40. The van der Waals surface area contributed by atoms with Gasteiger partial charge in [0.2, 0.25) is 0 Å². The Balaban J connectivity index is 2.98. The Bertz CT molecular complexity index is 286. The zero-order valence-corrected chi connectivity index (χ0v) is 10.1. The topological polar surface area (TPSA) is 26.0 Å². The minimum absolute atomic E-state index is 0.346. The molecule has 0 spiro atoms. The molecule has 15 heavy (non-hydrogen) atoms. The van der Waals surface area contributed by atoms with E-state index in [2.05, 4.69) is 26.5 Å². The van der Waals surface area contributed by atoms with Crippen LogP contribution in [0.4, 0.5) is 0 Å². The predicted octanol–water partition coefficient (Wildman–Crippen LogP) is 3.58. The number of rotatable bonds is 5. The molecule has 0 aromatic heterocycles. The Morgan fingerprint density at radius 1 is 1.53 bits per heavy atom. The van der Waals surface area contributed by atoms with Crippen LogP contribution in [0, 0.1) is 5.41 Å². The average molecular weight is 205 g/mol. The van der Waals surface area contributed by atoms with Crippen LogP contribution in [-0.4, -0.2) is 6.54 Å². The van der Waals surface area contributed by atoms with E-state index < -0.39 is 0 Å². The van der Waals surface area contributed by atoms with Gasteiger partial charge in [-0.1, -0.05) is 37.3 Å². The SMILES string of the molecule is C=C/C=C\C1=C(C)CCC1(CC)CCN. The van der Waals surface area contributed by atoms with Crippen molar-refractivity contribution in [2.75, 3.05) is 6.54 Å². The molecule has 1 rings (SSSR count). The van der Waals surface area contributed by atoms with Crippen molar-refractivity contribution in [3.8, 4) is 0 Å². The molecule has 0 amide bonds. The molecule has 0 bridgehead atoms. The van der Waals surface area contributed by atoms with Crippen LogP contribution in [0.5, 0.6) is 0 Å². The zero-order chi connectivity index (χ0) is 11.3. The summed E-state index contributed by atoms with van der Waals surface area (Å²) >= 11 is 0. The lowest BCUT2D eigenvalue weighted by Gasteiger charge is -2.30. The van der Waals surface area contributed by atoms with Crippen molar-refractivity contribution >= 4 is 0 Å². The van der Waals surface area contributed by atoms with E-state index in [9.17, 15) is 0 Å². The Labute approximate surface area is 93.7 Å². The molecule has 0 saturated heterocycles. The lowest BCUT2D eigenvalue weighted by molar-refractivity contribution is 0.322. The normalized spacial score (nSPS) is 26.6. The highest BCUT2D eigenvalue weighted by Gasteiger charge is 2.35. The first-order valence-electron chi connectivity index (χ1n) is 5.89. The minimum atomic E-state index is 0.346. The fourth-order valence-corrected chi connectivity index (χ4v) is 2.71. The van der Waals surface area contributed by atoms with Gasteiger partial charge in [0.25, 0.3) is 0 Å². The second-order valence-electron chi connectivity index (χ2n) is 4.46. The first-order valence-corrected chi connectivity index (χ1v) is 5.89. The number of hydrogen-bond acceptors (Lipinski definition) is 1. The maximum Gasteiger partial charge on any atom is -0.00351 e. The quantitative estimate of drug-likeness (QED) is 0.682. The maximum atomic E-state index is 5.74. The monoisotopic (exact) mass is 205 g/mol. The van der Waals surface area contributed by atoms with Crippen LogP contribution in [0.3, 0.4) is 0 Å². The maximum absolute atomic E-state index is 5.74. The molecule has 1 unspecified atom stereocenters. The van der Waals surface area contributed by atoms with E-state index in [1.807, 2.05) is 12.2 Å². The van der Waals surface area contributed by atoms with Crippen molar-refractivity contribution in [1.82, 2.24) is 0 Å². The van der Waals surface area contributed by atoms with Gasteiger partial charge >= 0.3 is 0 Å². The molecule has 0 aromatic rings. The smallest absolute Gasteiger partial charge is 0.00351 e. The Kier molecular flexibility index (Phi) is 4.34. The van der Waals surface area contributed by atoms with Gasteiger partial charge < -0.3 is 5.73 Å².